The van der Waals surface area contributed by atoms with Crippen molar-refractivity contribution in [3.63, 3.8) is 0 Å². The predicted molar refractivity (Wildman–Crippen MR) is 68.3 cm³/mol. The molecule has 0 aliphatic carbocycles. The van der Waals surface area contributed by atoms with Crippen molar-refractivity contribution in [1.82, 2.24) is 4.98 Å². The van der Waals surface area contributed by atoms with Crippen LogP contribution >= 0.6 is 0 Å². The standard InChI is InChI=1S/C13H17N3O2/c1-3-4-10(7-12(17)18)16-13-11(8-14)9(2)5-6-15-13/h5-6,10H,3-4,7H2,1-2H3,(H,15,16)(H,17,18). The van der Waals surface area contributed by atoms with E-state index in [1.807, 2.05) is 13.8 Å². The molecule has 0 aliphatic heterocycles. The maximum absolute atomic E-state index is 10.8. The average Bonchev–Trinajstić information content (AvgIpc) is 2.28. The molecule has 1 unspecified atom stereocenters. The highest BCUT2D eigenvalue weighted by Gasteiger charge is 2.15. The number of nitriles is 1. The normalized spacial score (nSPS) is 11.6. The number of carboxylic acids is 1. The second kappa shape index (κ2) is 6.60. The molecular formula is C13H17N3O2. The first-order valence-corrected chi connectivity index (χ1v) is 5.92. The second-order valence-corrected chi connectivity index (χ2v) is 4.19. The Morgan fingerprint density at radius 2 is 2.39 bits per heavy atom. The number of carboxylic acid groups (broad SMARTS) is 1. The third-order valence-electron chi connectivity index (χ3n) is 2.67. The van der Waals surface area contributed by atoms with Crippen molar-refractivity contribution in [3.05, 3.63) is 23.4 Å². The predicted octanol–water partition coefficient (Wildman–Crippen LogP) is 2.32. The van der Waals surface area contributed by atoms with Gasteiger partial charge in [-0.05, 0) is 25.0 Å². The highest BCUT2D eigenvalue weighted by molar-refractivity contribution is 5.68. The Kier molecular flexibility index (Phi) is 5.12. The van der Waals surface area contributed by atoms with E-state index in [1.54, 1.807) is 12.3 Å². The Balaban J connectivity index is 2.90. The van der Waals surface area contributed by atoms with Crippen molar-refractivity contribution in [2.45, 2.75) is 39.2 Å². The smallest absolute Gasteiger partial charge is 0.305 e. The number of carbonyl (C=O) groups is 1. The summed E-state index contributed by atoms with van der Waals surface area (Å²) in [6.07, 6.45) is 3.24. The zero-order chi connectivity index (χ0) is 13.5. The molecule has 0 fully saturated rings. The Labute approximate surface area is 106 Å². The number of nitrogens with zero attached hydrogens (tertiary/aromatic N) is 2. The molecule has 0 radical (unpaired) electrons. The molecule has 96 valence electrons. The zero-order valence-corrected chi connectivity index (χ0v) is 10.6. The van der Waals surface area contributed by atoms with Gasteiger partial charge in [-0.15, -0.1) is 0 Å². The van der Waals surface area contributed by atoms with Gasteiger partial charge in [0.05, 0.1) is 12.0 Å². The molecule has 1 aromatic heterocycles. The summed E-state index contributed by atoms with van der Waals surface area (Å²) in [7, 11) is 0. The third-order valence-corrected chi connectivity index (χ3v) is 2.67. The molecule has 0 spiro atoms. The van der Waals surface area contributed by atoms with Gasteiger partial charge in [-0.1, -0.05) is 13.3 Å². The van der Waals surface area contributed by atoms with Gasteiger partial charge >= 0.3 is 5.97 Å². The summed E-state index contributed by atoms with van der Waals surface area (Å²) in [6, 6.07) is 3.65. The lowest BCUT2D eigenvalue weighted by Crippen LogP contribution is -2.24. The number of pyridine rings is 1. The fourth-order valence-corrected chi connectivity index (χ4v) is 1.79. The summed E-state index contributed by atoms with van der Waals surface area (Å²) in [5.41, 5.74) is 1.31. The molecular weight excluding hydrogens is 230 g/mol. The minimum atomic E-state index is -0.855. The number of aromatic nitrogens is 1. The molecule has 5 heteroatoms. The largest absolute Gasteiger partial charge is 0.481 e. The van der Waals surface area contributed by atoms with Crippen molar-refractivity contribution in [2.24, 2.45) is 0 Å². The zero-order valence-electron chi connectivity index (χ0n) is 10.6. The number of aliphatic carboxylic acids is 1. The van der Waals surface area contributed by atoms with Crippen LogP contribution < -0.4 is 5.32 Å². The van der Waals surface area contributed by atoms with Gasteiger partial charge < -0.3 is 10.4 Å². The van der Waals surface area contributed by atoms with Crippen LogP contribution in [0.4, 0.5) is 5.82 Å². The Hall–Kier alpha value is -2.09. The summed E-state index contributed by atoms with van der Waals surface area (Å²) < 4.78 is 0. The van der Waals surface area contributed by atoms with Crippen LogP contribution in [0.5, 0.6) is 0 Å². The minimum Gasteiger partial charge on any atom is -0.481 e. The van der Waals surface area contributed by atoms with E-state index in [-0.39, 0.29) is 12.5 Å². The van der Waals surface area contributed by atoms with Gasteiger partial charge in [-0.3, -0.25) is 4.79 Å². The number of hydrogen-bond donors (Lipinski definition) is 2. The van der Waals surface area contributed by atoms with Gasteiger partial charge in [0, 0.05) is 12.2 Å². The quantitative estimate of drug-likeness (QED) is 0.805. The van der Waals surface area contributed by atoms with E-state index in [1.165, 1.54) is 0 Å². The van der Waals surface area contributed by atoms with E-state index < -0.39 is 5.97 Å². The second-order valence-electron chi connectivity index (χ2n) is 4.19. The van der Waals surface area contributed by atoms with Crippen LogP contribution in [-0.2, 0) is 4.79 Å². The van der Waals surface area contributed by atoms with Crippen molar-refractivity contribution in [3.8, 4) is 6.07 Å². The number of rotatable bonds is 6. The number of hydrogen-bond acceptors (Lipinski definition) is 4. The molecule has 18 heavy (non-hydrogen) atoms. The van der Waals surface area contributed by atoms with Crippen LogP contribution in [0.15, 0.2) is 12.3 Å². The van der Waals surface area contributed by atoms with Gasteiger partial charge in [0.1, 0.15) is 11.9 Å². The summed E-state index contributed by atoms with van der Waals surface area (Å²) >= 11 is 0. The molecule has 1 rings (SSSR count). The first-order valence-electron chi connectivity index (χ1n) is 5.92. The Morgan fingerprint density at radius 1 is 1.67 bits per heavy atom. The number of aryl methyl sites for hydroxylation is 1. The maximum Gasteiger partial charge on any atom is 0.305 e. The van der Waals surface area contributed by atoms with Crippen LogP contribution in [0.1, 0.15) is 37.3 Å². The van der Waals surface area contributed by atoms with Crippen LogP contribution in [0.25, 0.3) is 0 Å². The van der Waals surface area contributed by atoms with Gasteiger partial charge in [0.15, 0.2) is 0 Å². The van der Waals surface area contributed by atoms with E-state index >= 15 is 0 Å². The van der Waals surface area contributed by atoms with Crippen molar-refractivity contribution in [2.75, 3.05) is 5.32 Å². The molecule has 0 amide bonds. The van der Waals surface area contributed by atoms with Crippen LogP contribution in [0, 0.1) is 18.3 Å². The molecule has 0 saturated heterocycles. The van der Waals surface area contributed by atoms with E-state index in [0.717, 1.165) is 18.4 Å². The van der Waals surface area contributed by atoms with E-state index in [2.05, 4.69) is 16.4 Å². The van der Waals surface area contributed by atoms with Gasteiger partial charge in [0.2, 0.25) is 0 Å². The molecule has 1 atom stereocenters. The fourth-order valence-electron chi connectivity index (χ4n) is 1.79. The van der Waals surface area contributed by atoms with E-state index in [0.29, 0.717) is 11.4 Å². The van der Waals surface area contributed by atoms with Gasteiger partial charge in [-0.2, -0.15) is 5.26 Å². The SMILES string of the molecule is CCCC(CC(=O)O)Nc1nccc(C)c1C#N. The highest BCUT2D eigenvalue weighted by atomic mass is 16.4. The van der Waals surface area contributed by atoms with Crippen LogP contribution in [0.2, 0.25) is 0 Å². The number of nitrogens with one attached hydrogen (secondary N) is 1. The monoisotopic (exact) mass is 247 g/mol. The van der Waals surface area contributed by atoms with Crippen molar-refractivity contribution in [1.29, 1.82) is 5.26 Å². The summed E-state index contributed by atoms with van der Waals surface area (Å²) in [5.74, 6) is -0.385. The van der Waals surface area contributed by atoms with Gasteiger partial charge in [0.25, 0.3) is 0 Å². The molecule has 0 aliphatic rings. The maximum atomic E-state index is 10.8. The molecule has 0 saturated carbocycles. The van der Waals surface area contributed by atoms with E-state index in [9.17, 15) is 4.79 Å². The van der Waals surface area contributed by atoms with Crippen LogP contribution in [0.3, 0.4) is 0 Å². The summed E-state index contributed by atoms with van der Waals surface area (Å²) in [4.78, 5) is 14.9. The van der Waals surface area contributed by atoms with Crippen LogP contribution in [-0.4, -0.2) is 22.1 Å². The topological polar surface area (TPSA) is 86.0 Å². The Morgan fingerprint density at radius 3 is 2.94 bits per heavy atom. The lowest BCUT2D eigenvalue weighted by molar-refractivity contribution is -0.137. The molecule has 1 heterocycles. The fraction of sp³-hybridized carbons (Fsp3) is 0.462. The van der Waals surface area contributed by atoms with Gasteiger partial charge in [-0.25, -0.2) is 4.98 Å². The van der Waals surface area contributed by atoms with Crippen molar-refractivity contribution >= 4 is 11.8 Å². The van der Waals surface area contributed by atoms with Crippen molar-refractivity contribution < 1.29 is 9.90 Å². The minimum absolute atomic E-state index is 0.0222. The molecule has 2 N–H and O–H groups in total. The first kappa shape index (κ1) is 14.0. The lowest BCUT2D eigenvalue weighted by atomic mass is 10.1. The summed E-state index contributed by atoms with van der Waals surface area (Å²) in [6.45, 7) is 3.82. The molecule has 1 aromatic rings. The molecule has 5 nitrogen and oxygen atoms in total. The molecule has 0 aromatic carbocycles. The summed E-state index contributed by atoms with van der Waals surface area (Å²) in [5, 5.41) is 21.0. The first-order chi connectivity index (χ1) is 8.58. The average molecular weight is 247 g/mol. The number of anilines is 1. The third kappa shape index (κ3) is 3.74. The Bertz CT molecular complexity index is 466. The van der Waals surface area contributed by atoms with E-state index in [4.69, 9.17) is 10.4 Å². The highest BCUT2D eigenvalue weighted by Crippen LogP contribution is 2.18. The molecule has 0 bridgehead atoms. The lowest BCUT2D eigenvalue weighted by Gasteiger charge is -2.17.